The number of guanidine groups is 1. The Hall–Kier alpha value is -3.64. The summed E-state index contributed by atoms with van der Waals surface area (Å²) < 4.78 is 0. The van der Waals surface area contributed by atoms with Gasteiger partial charge in [0.25, 0.3) is 0 Å². The predicted octanol–water partition coefficient (Wildman–Crippen LogP) is 6.06. The molecule has 0 atom stereocenters. The van der Waals surface area contributed by atoms with Gasteiger partial charge in [-0.2, -0.15) is 0 Å². The first kappa shape index (κ1) is 28.4. The molecule has 4 rings (SSSR count). The van der Waals surface area contributed by atoms with Crippen LogP contribution in [0.3, 0.4) is 0 Å². The van der Waals surface area contributed by atoms with Crippen LogP contribution in [-0.4, -0.2) is 61.9 Å². The van der Waals surface area contributed by atoms with Crippen LogP contribution >= 0.6 is 0 Å². The molecular formula is C33H43N5O. The lowest BCUT2D eigenvalue weighted by Gasteiger charge is -2.30. The van der Waals surface area contributed by atoms with E-state index in [1.165, 1.54) is 30.4 Å². The average Bonchev–Trinajstić information content (AvgIpc) is 2.97. The minimum Gasteiger partial charge on any atom is -0.337 e. The van der Waals surface area contributed by atoms with Gasteiger partial charge in [0.1, 0.15) is 0 Å². The molecule has 0 heterocycles. The summed E-state index contributed by atoms with van der Waals surface area (Å²) >= 11 is 0. The molecule has 0 aliphatic heterocycles. The van der Waals surface area contributed by atoms with Gasteiger partial charge >= 0.3 is 0 Å². The quantitative estimate of drug-likeness (QED) is 0.178. The van der Waals surface area contributed by atoms with E-state index in [2.05, 4.69) is 83.8 Å². The topological polar surface area (TPSA) is 51.2 Å². The maximum atomic E-state index is 11.9. The SMILES string of the molecule is CN(C)CCN(Cc1ccccc1)C(=NC1CCCCC1)Nc1ccc(N(C=O)CCc2ccccc2)cc1. The molecule has 1 amide bonds. The van der Waals surface area contributed by atoms with Crippen LogP contribution in [0.4, 0.5) is 11.4 Å². The molecule has 6 nitrogen and oxygen atoms in total. The number of hydrogen-bond acceptors (Lipinski definition) is 3. The maximum Gasteiger partial charge on any atom is 0.214 e. The van der Waals surface area contributed by atoms with Crippen molar-refractivity contribution in [3.05, 3.63) is 96.1 Å². The molecule has 3 aromatic rings. The number of carbonyl (C=O) groups is 1. The lowest BCUT2D eigenvalue weighted by molar-refractivity contribution is -0.107. The highest BCUT2D eigenvalue weighted by Gasteiger charge is 2.18. The van der Waals surface area contributed by atoms with E-state index in [1.54, 1.807) is 4.90 Å². The monoisotopic (exact) mass is 525 g/mol. The Balaban J connectivity index is 1.52. The van der Waals surface area contributed by atoms with Gasteiger partial charge < -0.3 is 20.0 Å². The van der Waals surface area contributed by atoms with Gasteiger partial charge in [0.05, 0.1) is 6.04 Å². The minimum atomic E-state index is 0.349. The van der Waals surface area contributed by atoms with Crippen molar-refractivity contribution in [2.45, 2.75) is 51.1 Å². The fraction of sp³-hybridized carbons (Fsp3) is 0.394. The van der Waals surface area contributed by atoms with Crippen LogP contribution < -0.4 is 10.2 Å². The Morgan fingerprint density at radius 1 is 0.821 bits per heavy atom. The van der Waals surface area contributed by atoms with Crippen molar-refractivity contribution in [1.29, 1.82) is 0 Å². The Morgan fingerprint density at radius 2 is 1.46 bits per heavy atom. The molecule has 0 bridgehead atoms. The first-order chi connectivity index (χ1) is 19.1. The van der Waals surface area contributed by atoms with Crippen LogP contribution in [0.5, 0.6) is 0 Å². The fourth-order valence-corrected chi connectivity index (χ4v) is 4.96. The summed E-state index contributed by atoms with van der Waals surface area (Å²) in [6, 6.07) is 29.4. The van der Waals surface area contributed by atoms with E-state index < -0.39 is 0 Å². The summed E-state index contributed by atoms with van der Waals surface area (Å²) in [6.45, 7) is 3.25. The Kier molecular flexibility index (Phi) is 11.0. The highest BCUT2D eigenvalue weighted by molar-refractivity contribution is 5.94. The molecule has 1 fully saturated rings. The zero-order valence-electron chi connectivity index (χ0n) is 23.5. The number of benzene rings is 3. The fourth-order valence-electron chi connectivity index (χ4n) is 4.96. The molecule has 1 aliphatic carbocycles. The molecule has 39 heavy (non-hydrogen) atoms. The van der Waals surface area contributed by atoms with Gasteiger partial charge in [-0.15, -0.1) is 0 Å². The number of anilines is 2. The van der Waals surface area contributed by atoms with Gasteiger partial charge in [0.15, 0.2) is 5.96 Å². The van der Waals surface area contributed by atoms with E-state index in [0.29, 0.717) is 12.6 Å². The third-order valence-corrected chi connectivity index (χ3v) is 7.28. The normalized spacial score (nSPS) is 14.3. The summed E-state index contributed by atoms with van der Waals surface area (Å²) in [5.74, 6) is 0.927. The number of nitrogens with zero attached hydrogens (tertiary/aromatic N) is 4. The molecule has 0 saturated heterocycles. The number of aliphatic imine (C=N–C) groups is 1. The van der Waals surface area contributed by atoms with Crippen molar-refractivity contribution >= 4 is 23.7 Å². The largest absolute Gasteiger partial charge is 0.337 e. The van der Waals surface area contributed by atoms with E-state index in [1.807, 2.05) is 30.3 Å². The summed E-state index contributed by atoms with van der Waals surface area (Å²) in [6.07, 6.45) is 7.83. The maximum absolute atomic E-state index is 11.9. The van der Waals surface area contributed by atoms with Crippen LogP contribution in [-0.2, 0) is 17.8 Å². The molecule has 3 aromatic carbocycles. The van der Waals surface area contributed by atoms with Gasteiger partial charge in [0.2, 0.25) is 6.41 Å². The second-order valence-corrected chi connectivity index (χ2v) is 10.7. The van der Waals surface area contributed by atoms with E-state index in [-0.39, 0.29) is 0 Å². The van der Waals surface area contributed by atoms with Gasteiger partial charge in [-0.3, -0.25) is 4.79 Å². The van der Waals surface area contributed by atoms with Crippen LogP contribution in [0.2, 0.25) is 0 Å². The van der Waals surface area contributed by atoms with Crippen LogP contribution in [0.15, 0.2) is 89.9 Å². The average molecular weight is 526 g/mol. The molecule has 1 aliphatic rings. The summed E-state index contributed by atoms with van der Waals surface area (Å²) in [5.41, 5.74) is 4.36. The van der Waals surface area contributed by atoms with Crippen LogP contribution in [0.1, 0.15) is 43.2 Å². The number of amides is 1. The minimum absolute atomic E-state index is 0.349. The Bertz CT molecular complexity index is 1140. The molecule has 206 valence electrons. The van der Waals surface area contributed by atoms with Crippen molar-refractivity contribution in [2.75, 3.05) is 43.9 Å². The van der Waals surface area contributed by atoms with E-state index in [9.17, 15) is 4.79 Å². The third-order valence-electron chi connectivity index (χ3n) is 7.28. The van der Waals surface area contributed by atoms with Gasteiger partial charge in [-0.05, 0) is 68.8 Å². The van der Waals surface area contributed by atoms with Crippen LogP contribution in [0, 0.1) is 0 Å². The highest BCUT2D eigenvalue weighted by atomic mass is 16.1. The molecule has 1 saturated carbocycles. The Labute approximate surface area is 234 Å². The Morgan fingerprint density at radius 3 is 2.08 bits per heavy atom. The second-order valence-electron chi connectivity index (χ2n) is 10.7. The van der Waals surface area contributed by atoms with E-state index >= 15 is 0 Å². The van der Waals surface area contributed by atoms with Crippen molar-refractivity contribution in [1.82, 2.24) is 9.80 Å². The first-order valence-corrected chi connectivity index (χ1v) is 14.2. The summed E-state index contributed by atoms with van der Waals surface area (Å²) in [5, 5.41) is 3.66. The summed E-state index contributed by atoms with van der Waals surface area (Å²) in [4.78, 5) is 23.5. The zero-order valence-corrected chi connectivity index (χ0v) is 23.5. The molecule has 6 heteroatoms. The molecule has 0 aromatic heterocycles. The first-order valence-electron chi connectivity index (χ1n) is 14.2. The third kappa shape index (κ3) is 9.25. The number of nitrogens with one attached hydrogen (secondary N) is 1. The molecule has 0 radical (unpaired) electrons. The number of rotatable bonds is 12. The molecule has 0 unspecified atom stereocenters. The zero-order chi connectivity index (χ0) is 27.3. The lowest BCUT2D eigenvalue weighted by Crippen LogP contribution is -2.41. The lowest BCUT2D eigenvalue weighted by atomic mass is 9.96. The van der Waals surface area contributed by atoms with Gasteiger partial charge in [0, 0.05) is 37.6 Å². The summed E-state index contributed by atoms with van der Waals surface area (Å²) in [7, 11) is 4.22. The van der Waals surface area contributed by atoms with Crippen molar-refractivity contribution in [3.8, 4) is 0 Å². The second kappa shape index (κ2) is 15.1. The number of carbonyl (C=O) groups excluding carboxylic acids is 1. The number of hydrogen-bond donors (Lipinski definition) is 1. The van der Waals surface area contributed by atoms with Crippen LogP contribution in [0.25, 0.3) is 0 Å². The highest BCUT2D eigenvalue weighted by Crippen LogP contribution is 2.23. The van der Waals surface area contributed by atoms with Gasteiger partial charge in [-0.1, -0.05) is 79.9 Å². The number of likely N-dealkylation sites (N-methyl/N-ethyl adjacent to an activating group) is 1. The van der Waals surface area contributed by atoms with E-state index in [0.717, 1.165) is 62.6 Å². The van der Waals surface area contributed by atoms with Gasteiger partial charge in [-0.25, -0.2) is 4.99 Å². The van der Waals surface area contributed by atoms with E-state index in [4.69, 9.17) is 4.99 Å². The molecular weight excluding hydrogens is 482 g/mol. The predicted molar refractivity (Wildman–Crippen MR) is 163 cm³/mol. The molecule has 0 spiro atoms. The molecule has 1 N–H and O–H groups in total. The van der Waals surface area contributed by atoms with Crippen molar-refractivity contribution in [2.24, 2.45) is 4.99 Å². The smallest absolute Gasteiger partial charge is 0.214 e. The van der Waals surface area contributed by atoms with Crippen molar-refractivity contribution in [3.63, 3.8) is 0 Å². The van der Waals surface area contributed by atoms with Crippen molar-refractivity contribution < 1.29 is 4.79 Å². The standard InChI is InChI=1S/C33H43N5O/c1-36(2)24-25-37(26-29-14-8-4-9-15-29)33(34-30-16-10-5-11-17-30)35-31-18-20-32(21-19-31)38(27-39)23-22-28-12-6-3-7-13-28/h3-4,6-9,12-15,18-21,27,30H,5,10-11,16-17,22-26H2,1-2H3,(H,34,35).